The molecule has 0 spiro atoms. The van der Waals surface area contributed by atoms with Crippen molar-refractivity contribution in [3.05, 3.63) is 33.9 Å². The van der Waals surface area contributed by atoms with Crippen LogP contribution in [0.4, 0.5) is 6.01 Å². The third kappa shape index (κ3) is 1.69. The predicted octanol–water partition coefficient (Wildman–Crippen LogP) is 2.31. The minimum Gasteiger partial charge on any atom is -0.381 e. The molecular weight excluding hydrogens is 280 g/mol. The molecule has 2 aromatic rings. The summed E-state index contributed by atoms with van der Waals surface area (Å²) in [5.74, 6) is -0.211. The molecule has 0 fully saturated rings. The van der Waals surface area contributed by atoms with Crippen molar-refractivity contribution in [2.24, 2.45) is 0 Å². The van der Waals surface area contributed by atoms with Crippen LogP contribution >= 0.6 is 15.9 Å². The van der Waals surface area contributed by atoms with Crippen LogP contribution in [0.25, 0.3) is 11.1 Å². The number of rotatable bonds is 3. The molecule has 0 saturated carbocycles. The molecular formula is C9H5BrN2O4. The standard InChI is InChI=1S/C9H5BrN2O4/c10-4-7(13)5-2-1-3-6-8(5)16-9(11-6)12(14)15/h1-3H,4H2. The first-order valence-corrected chi connectivity index (χ1v) is 5.38. The van der Waals surface area contributed by atoms with Crippen molar-refractivity contribution in [2.75, 3.05) is 5.33 Å². The van der Waals surface area contributed by atoms with Gasteiger partial charge < -0.3 is 14.5 Å². The van der Waals surface area contributed by atoms with Crippen LogP contribution in [0.1, 0.15) is 10.4 Å². The lowest BCUT2D eigenvalue weighted by atomic mass is 10.1. The zero-order valence-electron chi connectivity index (χ0n) is 7.84. The summed E-state index contributed by atoms with van der Waals surface area (Å²) in [6.45, 7) is 0. The Bertz CT molecular complexity index is 578. The van der Waals surface area contributed by atoms with Crippen LogP contribution in [0, 0.1) is 10.1 Å². The van der Waals surface area contributed by atoms with E-state index in [0.717, 1.165) is 0 Å². The lowest BCUT2D eigenvalue weighted by Crippen LogP contribution is -1.99. The van der Waals surface area contributed by atoms with E-state index in [9.17, 15) is 14.9 Å². The number of carbonyl (C=O) groups excluding carboxylic acids is 1. The highest BCUT2D eigenvalue weighted by atomic mass is 79.9. The second kappa shape index (κ2) is 4.01. The van der Waals surface area contributed by atoms with E-state index in [0.29, 0.717) is 5.52 Å². The number of hydrogen-bond acceptors (Lipinski definition) is 5. The second-order valence-corrected chi connectivity index (χ2v) is 3.52. The Hall–Kier alpha value is -1.76. The zero-order valence-corrected chi connectivity index (χ0v) is 9.43. The number of hydrogen-bond donors (Lipinski definition) is 0. The second-order valence-electron chi connectivity index (χ2n) is 2.96. The van der Waals surface area contributed by atoms with Gasteiger partial charge in [-0.2, -0.15) is 0 Å². The number of aromatic nitrogens is 1. The number of halogens is 1. The Morgan fingerprint density at radius 2 is 2.31 bits per heavy atom. The summed E-state index contributed by atoms with van der Waals surface area (Å²) in [6, 6.07) is 4.09. The summed E-state index contributed by atoms with van der Waals surface area (Å²) in [6.07, 6.45) is 0. The Kier molecular flexibility index (Phi) is 2.69. The van der Waals surface area contributed by atoms with Crippen LogP contribution in [0.5, 0.6) is 0 Å². The van der Waals surface area contributed by atoms with Crippen molar-refractivity contribution in [2.45, 2.75) is 0 Å². The van der Waals surface area contributed by atoms with Crippen molar-refractivity contribution in [1.82, 2.24) is 4.98 Å². The van der Waals surface area contributed by atoms with Gasteiger partial charge in [0, 0.05) is 9.91 Å². The van der Waals surface area contributed by atoms with Crippen molar-refractivity contribution in [1.29, 1.82) is 0 Å². The molecule has 1 heterocycles. The number of para-hydroxylation sites is 1. The summed E-state index contributed by atoms with van der Waals surface area (Å²) in [5, 5.41) is 10.6. The van der Waals surface area contributed by atoms with E-state index in [2.05, 4.69) is 20.9 Å². The number of oxazole rings is 1. The zero-order chi connectivity index (χ0) is 11.7. The highest BCUT2D eigenvalue weighted by molar-refractivity contribution is 9.09. The molecule has 0 aliphatic heterocycles. The summed E-state index contributed by atoms with van der Waals surface area (Å²) in [5.41, 5.74) is 0.743. The number of fused-ring (bicyclic) bond motifs is 1. The van der Waals surface area contributed by atoms with Gasteiger partial charge in [0.05, 0.1) is 10.9 Å². The van der Waals surface area contributed by atoms with Crippen LogP contribution in [0.3, 0.4) is 0 Å². The van der Waals surface area contributed by atoms with E-state index in [1.54, 1.807) is 18.2 Å². The largest absolute Gasteiger partial charge is 0.546 e. The first-order valence-electron chi connectivity index (χ1n) is 4.26. The Balaban J connectivity index is 2.67. The van der Waals surface area contributed by atoms with Crippen LogP contribution in [0.2, 0.25) is 0 Å². The minimum atomic E-state index is -0.734. The van der Waals surface area contributed by atoms with Gasteiger partial charge in [-0.3, -0.25) is 4.79 Å². The van der Waals surface area contributed by atoms with Crippen LogP contribution < -0.4 is 0 Å². The quantitative estimate of drug-likeness (QED) is 0.374. The number of carbonyl (C=O) groups is 1. The average Bonchev–Trinajstić information content (AvgIpc) is 2.71. The van der Waals surface area contributed by atoms with Gasteiger partial charge in [0.2, 0.25) is 5.52 Å². The van der Waals surface area contributed by atoms with Gasteiger partial charge in [-0.15, -0.1) is 0 Å². The number of alkyl halides is 1. The van der Waals surface area contributed by atoms with Crippen molar-refractivity contribution in [3.8, 4) is 0 Å². The molecule has 0 unspecified atom stereocenters. The summed E-state index contributed by atoms with van der Waals surface area (Å²) >= 11 is 3.03. The first kappa shape index (κ1) is 10.7. The van der Waals surface area contributed by atoms with E-state index in [4.69, 9.17) is 4.42 Å². The van der Waals surface area contributed by atoms with Gasteiger partial charge in [0.15, 0.2) is 11.4 Å². The summed E-state index contributed by atoms with van der Waals surface area (Å²) in [7, 11) is 0. The third-order valence-electron chi connectivity index (χ3n) is 1.98. The average molecular weight is 285 g/mol. The fourth-order valence-electron chi connectivity index (χ4n) is 1.31. The van der Waals surface area contributed by atoms with Crippen molar-refractivity contribution in [3.63, 3.8) is 0 Å². The maximum atomic E-state index is 11.5. The van der Waals surface area contributed by atoms with Gasteiger partial charge in [-0.1, -0.05) is 22.0 Å². The normalized spacial score (nSPS) is 10.6. The van der Waals surface area contributed by atoms with E-state index < -0.39 is 10.9 Å². The molecule has 2 rings (SSSR count). The molecule has 0 amide bonds. The summed E-state index contributed by atoms with van der Waals surface area (Å²) < 4.78 is 4.93. The Morgan fingerprint density at radius 3 is 2.94 bits per heavy atom. The topological polar surface area (TPSA) is 86.2 Å². The maximum Gasteiger partial charge on any atom is 0.546 e. The monoisotopic (exact) mass is 284 g/mol. The molecule has 0 N–H and O–H groups in total. The fourth-order valence-corrected chi connectivity index (χ4v) is 1.61. The van der Waals surface area contributed by atoms with Crippen molar-refractivity contribution < 1.29 is 14.1 Å². The smallest absolute Gasteiger partial charge is 0.381 e. The molecule has 7 heteroatoms. The van der Waals surface area contributed by atoms with E-state index >= 15 is 0 Å². The van der Waals surface area contributed by atoms with Gasteiger partial charge in [-0.25, -0.2) is 0 Å². The Labute approximate surface area is 97.5 Å². The van der Waals surface area contributed by atoms with Gasteiger partial charge in [0.1, 0.15) is 0 Å². The molecule has 6 nitrogen and oxygen atoms in total. The lowest BCUT2D eigenvalue weighted by Gasteiger charge is -1.94. The Morgan fingerprint density at radius 1 is 1.56 bits per heavy atom. The third-order valence-corrected chi connectivity index (χ3v) is 2.49. The van der Waals surface area contributed by atoms with E-state index in [1.165, 1.54) is 0 Å². The predicted molar refractivity (Wildman–Crippen MR) is 58.8 cm³/mol. The molecule has 0 aliphatic rings. The molecule has 1 aromatic carbocycles. The highest BCUT2D eigenvalue weighted by Crippen LogP contribution is 2.24. The van der Waals surface area contributed by atoms with Crippen LogP contribution in [-0.2, 0) is 0 Å². The number of benzene rings is 1. The van der Waals surface area contributed by atoms with Gasteiger partial charge in [0.25, 0.3) is 0 Å². The molecule has 0 radical (unpaired) electrons. The number of Topliss-reactive ketones (excluding diaryl/α,β-unsaturated/α-hetero) is 1. The van der Waals surface area contributed by atoms with E-state index in [1.807, 2.05) is 0 Å². The molecule has 0 aliphatic carbocycles. The maximum absolute atomic E-state index is 11.5. The number of ketones is 1. The molecule has 16 heavy (non-hydrogen) atoms. The highest BCUT2D eigenvalue weighted by Gasteiger charge is 2.21. The molecule has 1 aromatic heterocycles. The summed E-state index contributed by atoms with van der Waals surface area (Å²) in [4.78, 5) is 24.9. The van der Waals surface area contributed by atoms with Gasteiger partial charge in [-0.05, 0) is 12.1 Å². The first-order chi connectivity index (χ1) is 7.63. The molecule has 82 valence electrons. The lowest BCUT2D eigenvalue weighted by molar-refractivity contribution is -0.406. The van der Waals surface area contributed by atoms with Crippen LogP contribution in [-0.4, -0.2) is 21.0 Å². The fraction of sp³-hybridized carbons (Fsp3) is 0.111. The SMILES string of the molecule is O=C(CBr)c1cccc2nc([N+](=O)[O-])oc12. The van der Waals surface area contributed by atoms with Gasteiger partial charge >= 0.3 is 6.01 Å². The number of nitro groups is 1. The molecule has 0 bridgehead atoms. The van der Waals surface area contributed by atoms with Crippen molar-refractivity contribution >= 4 is 38.8 Å². The minimum absolute atomic E-state index is 0.126. The van der Waals surface area contributed by atoms with E-state index in [-0.39, 0.29) is 22.3 Å². The number of nitrogens with zero attached hydrogens (tertiary/aromatic N) is 2. The molecule has 0 saturated heterocycles. The van der Waals surface area contributed by atoms with Crippen LogP contribution in [0.15, 0.2) is 22.6 Å². The molecule has 0 atom stereocenters.